The molecular formula is C16H24N2. The minimum atomic E-state index is 0.525. The Labute approximate surface area is 110 Å². The summed E-state index contributed by atoms with van der Waals surface area (Å²) in [7, 11) is 0. The summed E-state index contributed by atoms with van der Waals surface area (Å²) in [5, 5.41) is 4.89. The second-order valence-electron chi connectivity index (χ2n) is 5.75. The zero-order valence-electron chi connectivity index (χ0n) is 11.9. The second-order valence-corrected chi connectivity index (χ2v) is 5.75. The Balaban J connectivity index is 2.34. The number of aromatic nitrogens is 1. The molecule has 0 amide bonds. The van der Waals surface area contributed by atoms with Crippen LogP contribution in [0, 0.1) is 5.92 Å². The molecule has 0 spiro atoms. The van der Waals surface area contributed by atoms with Crippen LogP contribution in [0.5, 0.6) is 0 Å². The molecular weight excluding hydrogens is 220 g/mol. The summed E-state index contributed by atoms with van der Waals surface area (Å²) in [5.74, 6) is 0.673. The van der Waals surface area contributed by atoms with Crippen molar-refractivity contribution in [3.63, 3.8) is 0 Å². The summed E-state index contributed by atoms with van der Waals surface area (Å²) >= 11 is 0. The van der Waals surface area contributed by atoms with Gasteiger partial charge in [0.2, 0.25) is 0 Å². The van der Waals surface area contributed by atoms with Crippen molar-refractivity contribution in [3.8, 4) is 0 Å². The van der Waals surface area contributed by atoms with Crippen LogP contribution in [-0.4, -0.2) is 10.6 Å². The normalized spacial score (nSPS) is 11.9. The van der Waals surface area contributed by atoms with Crippen molar-refractivity contribution < 1.29 is 0 Å². The lowest BCUT2D eigenvalue weighted by Crippen LogP contribution is -2.21. The van der Waals surface area contributed by atoms with Gasteiger partial charge in [-0.2, -0.15) is 0 Å². The Bertz CT molecular complexity index is 509. The van der Waals surface area contributed by atoms with Gasteiger partial charge in [0.05, 0.1) is 0 Å². The molecule has 0 saturated carbocycles. The molecule has 0 aliphatic heterocycles. The number of benzene rings is 1. The number of rotatable bonds is 5. The third-order valence-corrected chi connectivity index (χ3v) is 3.13. The third-order valence-electron chi connectivity index (χ3n) is 3.13. The molecule has 2 nitrogen and oxygen atoms in total. The molecule has 18 heavy (non-hydrogen) atoms. The maximum Gasteiger partial charge on any atom is 0.0483 e. The van der Waals surface area contributed by atoms with Gasteiger partial charge in [-0.15, -0.1) is 0 Å². The van der Waals surface area contributed by atoms with Gasteiger partial charge in [0.25, 0.3) is 0 Å². The Morgan fingerprint density at radius 1 is 1.11 bits per heavy atom. The third kappa shape index (κ3) is 2.94. The van der Waals surface area contributed by atoms with E-state index in [0.29, 0.717) is 12.0 Å². The lowest BCUT2D eigenvalue weighted by molar-refractivity contribution is 0.532. The highest BCUT2D eigenvalue weighted by Crippen LogP contribution is 2.22. The van der Waals surface area contributed by atoms with Gasteiger partial charge in [-0.05, 0) is 17.5 Å². The van der Waals surface area contributed by atoms with Crippen molar-refractivity contribution in [2.45, 2.75) is 46.8 Å². The van der Waals surface area contributed by atoms with Crippen molar-refractivity contribution in [1.29, 1.82) is 0 Å². The van der Waals surface area contributed by atoms with Crippen LogP contribution in [0.15, 0.2) is 30.5 Å². The van der Waals surface area contributed by atoms with Crippen molar-refractivity contribution in [2.24, 2.45) is 5.92 Å². The lowest BCUT2D eigenvalue weighted by atomic mass is 10.1. The van der Waals surface area contributed by atoms with E-state index in [-0.39, 0.29) is 0 Å². The van der Waals surface area contributed by atoms with E-state index in [1.807, 2.05) is 0 Å². The van der Waals surface area contributed by atoms with Crippen LogP contribution in [0.4, 0.5) is 0 Å². The predicted molar refractivity (Wildman–Crippen MR) is 78.8 cm³/mol. The monoisotopic (exact) mass is 244 g/mol. The van der Waals surface area contributed by atoms with Crippen LogP contribution in [0.1, 0.15) is 33.3 Å². The van der Waals surface area contributed by atoms with E-state index in [0.717, 1.165) is 13.1 Å². The average Bonchev–Trinajstić information content (AvgIpc) is 2.65. The first kappa shape index (κ1) is 13.2. The molecule has 0 unspecified atom stereocenters. The first-order valence-electron chi connectivity index (χ1n) is 6.88. The maximum atomic E-state index is 3.51. The molecule has 2 aromatic rings. The van der Waals surface area contributed by atoms with Crippen LogP contribution in [0.25, 0.3) is 10.9 Å². The molecule has 0 fully saturated rings. The molecule has 2 rings (SSSR count). The molecule has 2 heteroatoms. The minimum absolute atomic E-state index is 0.525. The van der Waals surface area contributed by atoms with E-state index in [1.165, 1.54) is 16.5 Å². The fourth-order valence-electron chi connectivity index (χ4n) is 2.32. The van der Waals surface area contributed by atoms with E-state index in [1.54, 1.807) is 0 Å². The molecule has 0 aliphatic rings. The van der Waals surface area contributed by atoms with Gasteiger partial charge in [0, 0.05) is 36.2 Å². The van der Waals surface area contributed by atoms with Gasteiger partial charge in [0.1, 0.15) is 0 Å². The minimum Gasteiger partial charge on any atom is -0.347 e. The van der Waals surface area contributed by atoms with Gasteiger partial charge >= 0.3 is 0 Å². The topological polar surface area (TPSA) is 17.0 Å². The Hall–Kier alpha value is -1.28. The van der Waals surface area contributed by atoms with Crippen LogP contribution in [0.2, 0.25) is 0 Å². The highest BCUT2D eigenvalue weighted by atomic mass is 15.0. The fraction of sp³-hybridized carbons (Fsp3) is 0.500. The molecule has 98 valence electrons. The Morgan fingerprint density at radius 2 is 1.83 bits per heavy atom. The molecule has 0 bridgehead atoms. The average molecular weight is 244 g/mol. The SMILES string of the molecule is CC(C)Cn1cc(CNC(C)C)c2ccccc21. The van der Waals surface area contributed by atoms with Crippen molar-refractivity contribution in [1.82, 2.24) is 9.88 Å². The van der Waals surface area contributed by atoms with Gasteiger partial charge in [-0.1, -0.05) is 45.9 Å². The standard InChI is InChI=1S/C16H24N2/c1-12(2)10-18-11-14(9-17-13(3)4)15-7-5-6-8-16(15)18/h5-8,11-13,17H,9-10H2,1-4H3. The zero-order chi connectivity index (χ0) is 13.1. The summed E-state index contributed by atoms with van der Waals surface area (Å²) < 4.78 is 2.39. The number of fused-ring (bicyclic) bond motifs is 1. The summed E-state index contributed by atoms with van der Waals surface area (Å²) in [6, 6.07) is 9.22. The van der Waals surface area contributed by atoms with Gasteiger partial charge in [0.15, 0.2) is 0 Å². The Morgan fingerprint density at radius 3 is 2.50 bits per heavy atom. The van der Waals surface area contributed by atoms with E-state index >= 15 is 0 Å². The summed E-state index contributed by atoms with van der Waals surface area (Å²) in [6.07, 6.45) is 2.31. The second kappa shape index (κ2) is 5.57. The van der Waals surface area contributed by atoms with Crippen molar-refractivity contribution in [2.75, 3.05) is 0 Å². The predicted octanol–water partition coefficient (Wildman–Crippen LogP) is 3.80. The Kier molecular flexibility index (Phi) is 4.07. The van der Waals surface area contributed by atoms with E-state index in [2.05, 4.69) is 68.0 Å². The van der Waals surface area contributed by atoms with Crippen LogP contribution >= 0.6 is 0 Å². The number of para-hydroxylation sites is 1. The molecule has 1 aromatic carbocycles. The number of hydrogen-bond donors (Lipinski definition) is 1. The van der Waals surface area contributed by atoms with E-state index < -0.39 is 0 Å². The number of nitrogens with one attached hydrogen (secondary N) is 1. The lowest BCUT2D eigenvalue weighted by Gasteiger charge is -2.08. The largest absolute Gasteiger partial charge is 0.347 e. The van der Waals surface area contributed by atoms with Gasteiger partial charge in [-0.3, -0.25) is 0 Å². The van der Waals surface area contributed by atoms with Crippen LogP contribution in [0.3, 0.4) is 0 Å². The molecule has 1 N–H and O–H groups in total. The molecule has 1 aromatic heterocycles. The van der Waals surface area contributed by atoms with Crippen LogP contribution < -0.4 is 5.32 Å². The summed E-state index contributed by atoms with van der Waals surface area (Å²) in [6.45, 7) is 10.9. The maximum absolute atomic E-state index is 3.51. The molecule has 0 atom stereocenters. The highest BCUT2D eigenvalue weighted by molar-refractivity contribution is 5.83. The first-order valence-corrected chi connectivity index (χ1v) is 6.88. The zero-order valence-corrected chi connectivity index (χ0v) is 11.9. The van der Waals surface area contributed by atoms with Gasteiger partial charge < -0.3 is 9.88 Å². The molecule has 0 radical (unpaired) electrons. The van der Waals surface area contributed by atoms with E-state index in [4.69, 9.17) is 0 Å². The quantitative estimate of drug-likeness (QED) is 0.846. The summed E-state index contributed by atoms with van der Waals surface area (Å²) in [4.78, 5) is 0. The fourth-order valence-corrected chi connectivity index (χ4v) is 2.32. The molecule has 0 aliphatic carbocycles. The smallest absolute Gasteiger partial charge is 0.0483 e. The number of nitrogens with zero attached hydrogens (tertiary/aromatic N) is 1. The summed E-state index contributed by atoms with van der Waals surface area (Å²) in [5.41, 5.74) is 2.76. The molecule has 0 saturated heterocycles. The first-order chi connectivity index (χ1) is 8.58. The highest BCUT2D eigenvalue weighted by Gasteiger charge is 2.09. The van der Waals surface area contributed by atoms with Crippen LogP contribution in [-0.2, 0) is 13.1 Å². The van der Waals surface area contributed by atoms with Crippen molar-refractivity contribution >= 4 is 10.9 Å². The number of hydrogen-bond acceptors (Lipinski definition) is 1. The van der Waals surface area contributed by atoms with E-state index in [9.17, 15) is 0 Å². The molecule has 1 heterocycles. The van der Waals surface area contributed by atoms with Crippen molar-refractivity contribution in [3.05, 3.63) is 36.0 Å². The van der Waals surface area contributed by atoms with Gasteiger partial charge in [-0.25, -0.2) is 0 Å².